The molecule has 0 radical (unpaired) electrons. The summed E-state index contributed by atoms with van der Waals surface area (Å²) in [6.07, 6.45) is -0.218. The molecule has 71 heavy (non-hydrogen) atoms. The summed E-state index contributed by atoms with van der Waals surface area (Å²) in [5, 5.41) is 23.6. The van der Waals surface area contributed by atoms with Gasteiger partial charge in [-0.2, -0.15) is 0 Å². The highest BCUT2D eigenvalue weighted by molar-refractivity contribution is 6.19. The van der Waals surface area contributed by atoms with Gasteiger partial charge in [-0.05, 0) is 108 Å². The average molecular weight is 909 g/mol. The minimum absolute atomic E-state index is 0.218. The van der Waals surface area contributed by atoms with Crippen molar-refractivity contribution in [2.24, 2.45) is 4.99 Å². The van der Waals surface area contributed by atoms with Crippen molar-refractivity contribution in [3.05, 3.63) is 253 Å². The smallest absolute Gasteiger partial charge is 0.210 e. The Morgan fingerprint density at radius 2 is 0.944 bits per heavy atom. The quantitative estimate of drug-likeness (QED) is 0.166. The molecule has 1 aliphatic rings. The zero-order valence-electron chi connectivity index (χ0n) is 39.0. The Hall–Kier alpha value is -9.03. The van der Waals surface area contributed by atoms with Crippen LogP contribution in [0.3, 0.4) is 0 Å². The van der Waals surface area contributed by atoms with Gasteiger partial charge in [-0.25, -0.2) is 4.99 Å². The van der Waals surface area contributed by atoms with E-state index in [1.54, 1.807) is 0 Å². The molecule has 334 valence electrons. The van der Waals surface area contributed by atoms with Crippen molar-refractivity contribution in [1.29, 1.82) is 0 Å². The van der Waals surface area contributed by atoms with Gasteiger partial charge >= 0.3 is 0 Å². The standard InChI is InChI=1S/C66H45N5/c1-66(57-27-15-26-51-49-22-9-7-16-41(49)31-34-52(51)57)68-64(43-18-3-2-4-19-43)67-65(69-66)63-50-23-10-8-17-42(50)32-35-60(63)71-59-29-14-12-25-54(59)56-38-47-36-48(33-30-46(47)40-62(56)71)70-58-28-13-11-24-53(58)55-37-44-20-5-6-21-45(44)39-61(55)70/h2-40,64,68H,1H3,(H,67,69)/p+1. The topological polar surface area (TPSA) is 50.9 Å². The number of amidine groups is 1. The Labute approximate surface area is 409 Å². The van der Waals surface area contributed by atoms with Gasteiger partial charge in [0.25, 0.3) is 0 Å². The van der Waals surface area contributed by atoms with Crippen LogP contribution in [0.15, 0.2) is 242 Å². The summed E-state index contributed by atoms with van der Waals surface area (Å²) in [6.45, 7) is 2.33. The van der Waals surface area contributed by atoms with Crippen LogP contribution < -0.4 is 10.6 Å². The maximum Gasteiger partial charge on any atom is 0.210 e. The lowest BCUT2D eigenvalue weighted by atomic mass is 9.90. The van der Waals surface area contributed by atoms with Crippen LogP contribution in [-0.2, 0) is 5.66 Å². The highest BCUT2D eigenvalue weighted by atomic mass is 15.3. The number of nitrogens with two attached hydrogens (primary N) is 1. The summed E-state index contributed by atoms with van der Waals surface area (Å²) in [5.74, 6) is 0.865. The SMILES string of the molecule is CC1(c2cccc3c2ccc2ccccc23)NC(c2c(-n3c4ccccc4c4cc5cc(-n6c7ccccc7c7cc8ccccc8cc76)ccc5cc43)ccc3ccccc23)=NC(c2ccccc2)[NH2+]1. The second-order valence-corrected chi connectivity index (χ2v) is 19.5. The monoisotopic (exact) mass is 908 g/mol. The zero-order chi connectivity index (χ0) is 46.8. The fraction of sp³-hybridized carbons (Fsp3) is 0.0455. The van der Waals surface area contributed by atoms with Crippen LogP contribution in [0.25, 0.3) is 109 Å². The molecule has 2 aromatic heterocycles. The molecule has 0 spiro atoms. The molecular formula is C66H46N5+. The highest BCUT2D eigenvalue weighted by Gasteiger charge is 2.41. The van der Waals surface area contributed by atoms with E-state index >= 15 is 0 Å². The van der Waals surface area contributed by atoms with Crippen LogP contribution in [0.2, 0.25) is 0 Å². The predicted molar refractivity (Wildman–Crippen MR) is 297 cm³/mol. The van der Waals surface area contributed by atoms with E-state index in [0.29, 0.717) is 0 Å². The van der Waals surface area contributed by atoms with Gasteiger partial charge in [0.2, 0.25) is 6.17 Å². The van der Waals surface area contributed by atoms with Crippen molar-refractivity contribution in [2.75, 3.05) is 0 Å². The van der Waals surface area contributed by atoms with Gasteiger partial charge in [0, 0.05) is 50.8 Å². The maximum atomic E-state index is 5.73. The maximum absolute atomic E-state index is 5.73. The van der Waals surface area contributed by atoms with Crippen LogP contribution in [0.4, 0.5) is 0 Å². The minimum Gasteiger partial charge on any atom is -0.314 e. The number of hydrogen-bond acceptors (Lipinski definition) is 2. The van der Waals surface area contributed by atoms with E-state index in [-0.39, 0.29) is 6.17 Å². The summed E-state index contributed by atoms with van der Waals surface area (Å²) in [6, 6.07) is 87.0. The normalized spacial score (nSPS) is 16.3. The Balaban J connectivity index is 0.950. The summed E-state index contributed by atoms with van der Waals surface area (Å²) in [4.78, 5) is 5.73. The molecule has 0 amide bonds. The number of fused-ring (bicyclic) bond motifs is 12. The van der Waals surface area contributed by atoms with Crippen LogP contribution in [-0.4, -0.2) is 15.0 Å². The molecule has 1 aliphatic heterocycles. The van der Waals surface area contributed by atoms with E-state index in [2.05, 4.69) is 263 Å². The van der Waals surface area contributed by atoms with Gasteiger partial charge in [0.1, 0.15) is 5.84 Å². The number of benzene rings is 12. The molecule has 3 N–H and O–H groups in total. The molecule has 5 nitrogen and oxygen atoms in total. The fourth-order valence-corrected chi connectivity index (χ4v) is 12.1. The van der Waals surface area contributed by atoms with Crippen molar-refractivity contribution in [1.82, 2.24) is 14.5 Å². The third kappa shape index (κ3) is 6.07. The zero-order valence-corrected chi connectivity index (χ0v) is 39.0. The fourth-order valence-electron chi connectivity index (χ4n) is 12.1. The summed E-state index contributed by atoms with van der Waals surface area (Å²) >= 11 is 0. The molecule has 0 fully saturated rings. The van der Waals surface area contributed by atoms with Crippen LogP contribution in [0, 0.1) is 0 Å². The molecule has 0 saturated heterocycles. The number of nitrogens with one attached hydrogen (secondary N) is 1. The van der Waals surface area contributed by atoms with Crippen molar-refractivity contribution >= 4 is 103 Å². The van der Waals surface area contributed by atoms with Crippen molar-refractivity contribution in [3.63, 3.8) is 0 Å². The van der Waals surface area contributed by atoms with Crippen LogP contribution >= 0.6 is 0 Å². The Morgan fingerprint density at radius 3 is 1.70 bits per heavy atom. The Bertz CT molecular complexity index is 4560. The molecule has 0 aliphatic carbocycles. The molecule has 2 unspecified atom stereocenters. The Morgan fingerprint density at radius 1 is 0.394 bits per heavy atom. The molecule has 0 bridgehead atoms. The van der Waals surface area contributed by atoms with Gasteiger partial charge < -0.3 is 14.5 Å². The molecule has 15 rings (SSSR count). The average Bonchev–Trinajstić information content (AvgIpc) is 3.92. The van der Waals surface area contributed by atoms with E-state index in [4.69, 9.17) is 4.99 Å². The molecule has 12 aromatic carbocycles. The first-order chi connectivity index (χ1) is 35.0. The number of aromatic nitrogens is 2. The van der Waals surface area contributed by atoms with E-state index in [0.717, 1.165) is 50.1 Å². The minimum atomic E-state index is -0.605. The van der Waals surface area contributed by atoms with Crippen LogP contribution in [0.1, 0.15) is 29.8 Å². The molecule has 0 saturated carbocycles. The lowest BCUT2D eigenvalue weighted by Crippen LogP contribution is -3.00. The van der Waals surface area contributed by atoms with Gasteiger partial charge in [-0.3, -0.25) is 5.32 Å². The number of rotatable bonds is 5. The van der Waals surface area contributed by atoms with Crippen molar-refractivity contribution in [2.45, 2.75) is 18.8 Å². The summed E-state index contributed by atoms with van der Waals surface area (Å²) < 4.78 is 4.93. The van der Waals surface area contributed by atoms with Gasteiger partial charge in [0.15, 0.2) is 5.66 Å². The number of nitrogens with zero attached hydrogens (tertiary/aromatic N) is 3. The van der Waals surface area contributed by atoms with E-state index in [1.165, 1.54) is 81.2 Å². The lowest BCUT2D eigenvalue weighted by molar-refractivity contribution is -0.774. The van der Waals surface area contributed by atoms with Gasteiger partial charge in [-0.15, -0.1) is 0 Å². The summed E-state index contributed by atoms with van der Waals surface area (Å²) in [5.41, 5.74) is 9.78. The summed E-state index contributed by atoms with van der Waals surface area (Å²) in [7, 11) is 0. The van der Waals surface area contributed by atoms with E-state index in [1.807, 2.05) is 0 Å². The molecule has 5 heteroatoms. The molecule has 3 heterocycles. The number of hydrogen-bond donors (Lipinski definition) is 2. The van der Waals surface area contributed by atoms with Gasteiger partial charge in [0.05, 0.1) is 27.8 Å². The third-order valence-corrected chi connectivity index (χ3v) is 15.4. The molecular weight excluding hydrogens is 863 g/mol. The number of aliphatic imine (C=N–C) groups is 1. The van der Waals surface area contributed by atoms with E-state index in [9.17, 15) is 0 Å². The highest BCUT2D eigenvalue weighted by Crippen LogP contribution is 2.41. The Kier molecular flexibility index (Phi) is 8.56. The van der Waals surface area contributed by atoms with Gasteiger partial charge in [-0.1, -0.05) is 182 Å². The van der Waals surface area contributed by atoms with E-state index < -0.39 is 5.66 Å². The first kappa shape index (κ1) is 39.9. The van der Waals surface area contributed by atoms with Crippen molar-refractivity contribution < 1.29 is 5.32 Å². The number of quaternary nitrogens is 1. The number of para-hydroxylation sites is 2. The lowest BCUT2D eigenvalue weighted by Gasteiger charge is -2.38. The molecule has 14 aromatic rings. The van der Waals surface area contributed by atoms with Crippen LogP contribution in [0.5, 0.6) is 0 Å². The molecule has 2 atom stereocenters. The predicted octanol–water partition coefficient (Wildman–Crippen LogP) is 15.1. The second-order valence-electron chi connectivity index (χ2n) is 19.5. The van der Waals surface area contributed by atoms with Crippen molar-refractivity contribution in [3.8, 4) is 11.4 Å². The second kappa shape index (κ2) is 15.2. The first-order valence-electron chi connectivity index (χ1n) is 24.6. The first-order valence-corrected chi connectivity index (χ1v) is 24.6. The third-order valence-electron chi connectivity index (χ3n) is 15.4. The largest absolute Gasteiger partial charge is 0.314 e.